The van der Waals surface area contributed by atoms with E-state index in [1.165, 1.54) is 11.1 Å². The minimum absolute atomic E-state index is 0.121. The average molecular weight is 347 g/mol. The Morgan fingerprint density at radius 1 is 1.04 bits per heavy atom. The van der Waals surface area contributed by atoms with Gasteiger partial charge in [0.05, 0.1) is 0 Å². The van der Waals surface area contributed by atoms with Crippen LogP contribution in [0.4, 0.5) is 5.82 Å². The zero-order valence-corrected chi connectivity index (χ0v) is 15.7. The summed E-state index contributed by atoms with van der Waals surface area (Å²) >= 11 is 0. The van der Waals surface area contributed by atoms with Crippen molar-refractivity contribution in [1.29, 1.82) is 0 Å². The van der Waals surface area contributed by atoms with Gasteiger partial charge < -0.3 is 5.32 Å². The van der Waals surface area contributed by atoms with Crippen LogP contribution in [0.3, 0.4) is 0 Å². The number of hydrogen-bond acceptors (Lipinski definition) is 2. The Bertz CT molecular complexity index is 960. The van der Waals surface area contributed by atoms with E-state index >= 15 is 0 Å². The van der Waals surface area contributed by atoms with E-state index in [9.17, 15) is 4.79 Å². The number of benzene rings is 1. The number of aromatic nitrogens is 2. The normalized spacial score (nSPS) is 14.9. The van der Waals surface area contributed by atoms with Crippen molar-refractivity contribution in [2.24, 2.45) is 5.92 Å². The number of rotatable bonds is 3. The summed E-state index contributed by atoms with van der Waals surface area (Å²) in [6, 6.07) is 10.5. The van der Waals surface area contributed by atoms with E-state index in [0.29, 0.717) is 0 Å². The van der Waals surface area contributed by atoms with E-state index in [4.69, 9.17) is 4.98 Å². The maximum atomic E-state index is 12.8. The second kappa shape index (κ2) is 6.60. The second-order valence-corrected chi connectivity index (χ2v) is 7.59. The van der Waals surface area contributed by atoms with Gasteiger partial charge in [0.2, 0.25) is 5.91 Å². The molecule has 0 saturated heterocycles. The van der Waals surface area contributed by atoms with Crippen LogP contribution in [0.5, 0.6) is 0 Å². The van der Waals surface area contributed by atoms with Gasteiger partial charge in [-0.05, 0) is 63.4 Å². The van der Waals surface area contributed by atoms with Gasteiger partial charge in [-0.3, -0.25) is 9.20 Å². The molecule has 1 fully saturated rings. The summed E-state index contributed by atoms with van der Waals surface area (Å²) in [5, 5.41) is 3.19. The van der Waals surface area contributed by atoms with E-state index < -0.39 is 0 Å². The van der Waals surface area contributed by atoms with E-state index in [2.05, 4.69) is 50.4 Å². The molecule has 1 saturated carbocycles. The number of carbonyl (C=O) groups is 1. The van der Waals surface area contributed by atoms with Crippen LogP contribution in [0.2, 0.25) is 0 Å². The van der Waals surface area contributed by atoms with Gasteiger partial charge in [-0.1, -0.05) is 30.0 Å². The Morgan fingerprint density at radius 2 is 1.73 bits per heavy atom. The molecule has 0 bridgehead atoms. The number of amides is 1. The zero-order chi connectivity index (χ0) is 18.3. The molecule has 0 atom stereocenters. The number of aryl methyl sites for hydroxylation is 3. The average Bonchev–Trinajstić information content (AvgIpc) is 3.22. The van der Waals surface area contributed by atoms with Crippen LogP contribution in [-0.4, -0.2) is 15.3 Å². The van der Waals surface area contributed by atoms with Crippen LogP contribution in [0, 0.1) is 26.7 Å². The van der Waals surface area contributed by atoms with Crippen LogP contribution in [0.25, 0.3) is 16.9 Å². The number of nitrogens with one attached hydrogen (secondary N) is 1. The molecule has 4 rings (SSSR count). The highest BCUT2D eigenvalue weighted by atomic mass is 16.2. The molecule has 1 amide bonds. The van der Waals surface area contributed by atoms with Crippen molar-refractivity contribution in [3.63, 3.8) is 0 Å². The Labute approximate surface area is 154 Å². The molecule has 0 aliphatic heterocycles. The Morgan fingerprint density at radius 3 is 2.42 bits per heavy atom. The van der Waals surface area contributed by atoms with Crippen molar-refractivity contribution in [3.8, 4) is 11.3 Å². The molecule has 0 unspecified atom stereocenters. The molecule has 3 aromatic rings. The van der Waals surface area contributed by atoms with Crippen molar-refractivity contribution in [2.45, 2.75) is 46.5 Å². The van der Waals surface area contributed by atoms with Crippen molar-refractivity contribution in [1.82, 2.24) is 9.38 Å². The first-order valence-corrected chi connectivity index (χ1v) is 9.39. The molecule has 26 heavy (non-hydrogen) atoms. The molecule has 134 valence electrons. The fourth-order valence-corrected chi connectivity index (χ4v) is 3.99. The minimum atomic E-state index is 0.121. The maximum Gasteiger partial charge on any atom is 0.228 e. The van der Waals surface area contributed by atoms with Gasteiger partial charge in [0.25, 0.3) is 0 Å². The Balaban J connectivity index is 1.84. The fraction of sp³-hybridized carbons (Fsp3) is 0.364. The predicted molar refractivity (Wildman–Crippen MR) is 105 cm³/mol. The first-order chi connectivity index (χ1) is 12.5. The molecule has 1 N–H and O–H groups in total. The van der Waals surface area contributed by atoms with E-state index in [1.807, 2.05) is 16.7 Å². The van der Waals surface area contributed by atoms with Gasteiger partial charge in [0, 0.05) is 17.7 Å². The molecule has 1 aliphatic rings. The molecule has 2 heterocycles. The smallest absolute Gasteiger partial charge is 0.228 e. The minimum Gasteiger partial charge on any atom is -0.310 e. The summed E-state index contributed by atoms with van der Waals surface area (Å²) in [4.78, 5) is 17.6. The summed E-state index contributed by atoms with van der Waals surface area (Å²) in [6.45, 7) is 6.24. The molecule has 4 heteroatoms. The van der Waals surface area contributed by atoms with Crippen LogP contribution in [0.15, 0.2) is 36.5 Å². The van der Waals surface area contributed by atoms with Gasteiger partial charge >= 0.3 is 0 Å². The Kier molecular flexibility index (Phi) is 4.27. The summed E-state index contributed by atoms with van der Waals surface area (Å²) in [5.74, 6) is 1.02. The van der Waals surface area contributed by atoms with E-state index in [-0.39, 0.29) is 11.8 Å². The third-order valence-electron chi connectivity index (χ3n) is 5.24. The van der Waals surface area contributed by atoms with Crippen LogP contribution in [-0.2, 0) is 4.79 Å². The van der Waals surface area contributed by atoms with E-state index in [1.54, 1.807) is 0 Å². The first kappa shape index (κ1) is 16.8. The first-order valence-electron chi connectivity index (χ1n) is 9.39. The quantitative estimate of drug-likeness (QED) is 0.720. The van der Waals surface area contributed by atoms with Gasteiger partial charge in [-0.15, -0.1) is 0 Å². The van der Waals surface area contributed by atoms with Crippen molar-refractivity contribution in [3.05, 3.63) is 53.2 Å². The largest absolute Gasteiger partial charge is 0.310 e. The van der Waals surface area contributed by atoms with Gasteiger partial charge in [-0.25, -0.2) is 4.98 Å². The van der Waals surface area contributed by atoms with Crippen LogP contribution >= 0.6 is 0 Å². The van der Waals surface area contributed by atoms with Gasteiger partial charge in [0.1, 0.15) is 17.2 Å². The maximum absolute atomic E-state index is 12.8. The summed E-state index contributed by atoms with van der Waals surface area (Å²) < 4.78 is 1.99. The van der Waals surface area contributed by atoms with Crippen LogP contribution in [0.1, 0.15) is 42.4 Å². The lowest BCUT2D eigenvalue weighted by molar-refractivity contribution is -0.119. The number of carbonyl (C=O) groups excluding carboxylic acids is 1. The Hall–Kier alpha value is -2.62. The molecule has 1 aliphatic carbocycles. The lowest BCUT2D eigenvalue weighted by Gasteiger charge is -2.12. The number of nitrogens with zero attached hydrogens (tertiary/aromatic N) is 2. The molecular weight excluding hydrogens is 322 g/mol. The van der Waals surface area contributed by atoms with Crippen LogP contribution < -0.4 is 5.32 Å². The number of hydrogen-bond donors (Lipinski definition) is 1. The van der Waals surface area contributed by atoms with Crippen molar-refractivity contribution >= 4 is 17.4 Å². The fourth-order valence-electron chi connectivity index (χ4n) is 3.99. The molecule has 1 aromatic carbocycles. The van der Waals surface area contributed by atoms with E-state index in [0.717, 1.165) is 54.0 Å². The number of anilines is 1. The summed E-state index contributed by atoms with van der Waals surface area (Å²) in [7, 11) is 0. The highest BCUT2D eigenvalue weighted by molar-refractivity contribution is 5.96. The number of fused-ring (bicyclic) bond motifs is 1. The SMILES string of the molecule is Cc1cc(C)cc(-c2nc3cc(C)ccn3c2NC(=O)C2CCCC2)c1. The zero-order valence-electron chi connectivity index (χ0n) is 15.7. The van der Waals surface area contributed by atoms with Gasteiger partial charge in [-0.2, -0.15) is 0 Å². The predicted octanol–water partition coefficient (Wildman–Crippen LogP) is 5.06. The third-order valence-corrected chi connectivity index (χ3v) is 5.24. The second-order valence-electron chi connectivity index (χ2n) is 7.59. The standard InChI is InChI=1S/C22H25N3O/c1-14-8-9-25-19(13-14)23-20(18-11-15(2)10-16(3)12-18)21(25)24-22(26)17-6-4-5-7-17/h8-13,17H,4-7H2,1-3H3,(H,24,26). The number of imidazole rings is 1. The lowest BCUT2D eigenvalue weighted by atomic mass is 10.0. The molecule has 0 radical (unpaired) electrons. The topological polar surface area (TPSA) is 46.4 Å². The monoisotopic (exact) mass is 347 g/mol. The summed E-state index contributed by atoms with van der Waals surface area (Å²) in [5.41, 5.74) is 6.30. The molecule has 2 aromatic heterocycles. The summed E-state index contributed by atoms with van der Waals surface area (Å²) in [6.07, 6.45) is 6.26. The molecule has 0 spiro atoms. The van der Waals surface area contributed by atoms with Crippen molar-refractivity contribution in [2.75, 3.05) is 5.32 Å². The number of pyridine rings is 1. The molecule has 4 nitrogen and oxygen atoms in total. The lowest BCUT2D eigenvalue weighted by Crippen LogP contribution is -2.21. The highest BCUT2D eigenvalue weighted by Crippen LogP contribution is 2.32. The highest BCUT2D eigenvalue weighted by Gasteiger charge is 2.25. The van der Waals surface area contributed by atoms with Crippen molar-refractivity contribution < 1.29 is 4.79 Å². The van der Waals surface area contributed by atoms with Gasteiger partial charge in [0.15, 0.2) is 0 Å². The molecular formula is C22H25N3O. The third kappa shape index (κ3) is 3.12.